The molecule has 2 heterocycles. The average molecular weight is 177 g/mol. The molecule has 0 saturated heterocycles. The van der Waals surface area contributed by atoms with E-state index >= 15 is 0 Å². The lowest BCUT2D eigenvalue weighted by atomic mass is 10.3. The van der Waals surface area contributed by atoms with Gasteiger partial charge >= 0.3 is 0 Å². The molecule has 2 rings (SSSR count). The molecule has 0 amide bonds. The molecule has 2 aromatic heterocycles. The van der Waals surface area contributed by atoms with Crippen molar-refractivity contribution in [2.24, 2.45) is 5.73 Å². The fourth-order valence-corrected chi connectivity index (χ4v) is 1.23. The highest BCUT2D eigenvalue weighted by Crippen LogP contribution is 2.21. The Hall–Kier alpha value is -1.55. The van der Waals surface area contributed by atoms with Gasteiger partial charge in [0, 0.05) is 19.3 Å². The number of anilines is 1. The lowest BCUT2D eigenvalue weighted by molar-refractivity contribution is 0.615. The first-order valence-corrected chi connectivity index (χ1v) is 4.18. The zero-order valence-electron chi connectivity index (χ0n) is 7.16. The van der Waals surface area contributed by atoms with E-state index in [0.29, 0.717) is 6.54 Å². The molecule has 0 unspecified atom stereocenters. The van der Waals surface area contributed by atoms with Crippen molar-refractivity contribution in [3.8, 4) is 0 Å². The average Bonchev–Trinajstić information content (AvgIpc) is 2.62. The molecule has 4 heteroatoms. The highest BCUT2D eigenvalue weighted by atomic mass is 16.3. The summed E-state index contributed by atoms with van der Waals surface area (Å²) in [5, 5.41) is 4.12. The third-order valence-corrected chi connectivity index (χ3v) is 1.82. The van der Waals surface area contributed by atoms with E-state index in [4.69, 9.17) is 10.2 Å². The third-order valence-electron chi connectivity index (χ3n) is 1.82. The van der Waals surface area contributed by atoms with Crippen molar-refractivity contribution in [3.05, 3.63) is 24.6 Å². The van der Waals surface area contributed by atoms with Crippen molar-refractivity contribution in [3.63, 3.8) is 0 Å². The van der Waals surface area contributed by atoms with Gasteiger partial charge in [-0.05, 0) is 12.1 Å². The highest BCUT2D eigenvalue weighted by molar-refractivity contribution is 5.87. The highest BCUT2D eigenvalue weighted by Gasteiger charge is 2.02. The maximum absolute atomic E-state index is 5.38. The van der Waals surface area contributed by atoms with Crippen LogP contribution in [0.15, 0.2) is 29.0 Å². The van der Waals surface area contributed by atoms with Gasteiger partial charge in [0.1, 0.15) is 11.4 Å². The molecule has 0 aromatic carbocycles. The number of nitrogens with two attached hydrogens (primary N) is 1. The molecule has 0 fully saturated rings. The number of nitrogens with zero attached hydrogens (tertiary/aromatic N) is 1. The topological polar surface area (TPSA) is 64.1 Å². The van der Waals surface area contributed by atoms with Crippen molar-refractivity contribution in [1.82, 2.24) is 4.98 Å². The monoisotopic (exact) mass is 177 g/mol. The quantitative estimate of drug-likeness (QED) is 0.739. The van der Waals surface area contributed by atoms with E-state index in [-0.39, 0.29) is 0 Å². The van der Waals surface area contributed by atoms with E-state index in [2.05, 4.69) is 10.3 Å². The Morgan fingerprint density at radius 2 is 2.38 bits per heavy atom. The molecule has 13 heavy (non-hydrogen) atoms. The predicted octanol–water partition coefficient (Wildman–Crippen LogP) is 1.20. The summed E-state index contributed by atoms with van der Waals surface area (Å²) in [5.74, 6) is 0.830. The minimum Gasteiger partial charge on any atom is -0.464 e. The summed E-state index contributed by atoms with van der Waals surface area (Å²) in [6.07, 6.45) is 3.37. The summed E-state index contributed by atoms with van der Waals surface area (Å²) >= 11 is 0. The van der Waals surface area contributed by atoms with Gasteiger partial charge in [0.05, 0.1) is 11.6 Å². The molecular formula is C9H11N3O. The number of furan rings is 1. The predicted molar refractivity (Wildman–Crippen MR) is 51.6 cm³/mol. The maximum Gasteiger partial charge on any atom is 0.139 e. The number of hydrogen-bond acceptors (Lipinski definition) is 4. The Morgan fingerprint density at radius 3 is 3.23 bits per heavy atom. The van der Waals surface area contributed by atoms with E-state index in [1.807, 2.05) is 12.1 Å². The first kappa shape index (κ1) is 8.07. The smallest absolute Gasteiger partial charge is 0.139 e. The zero-order chi connectivity index (χ0) is 9.10. The van der Waals surface area contributed by atoms with Gasteiger partial charge in [-0.15, -0.1) is 0 Å². The van der Waals surface area contributed by atoms with Crippen LogP contribution in [0, 0.1) is 0 Å². The molecule has 0 aliphatic carbocycles. The van der Waals surface area contributed by atoms with E-state index in [9.17, 15) is 0 Å². The van der Waals surface area contributed by atoms with Gasteiger partial charge in [-0.25, -0.2) is 4.98 Å². The second-order valence-electron chi connectivity index (χ2n) is 2.71. The molecule has 0 aliphatic rings. The molecule has 0 bridgehead atoms. The fraction of sp³-hybridized carbons (Fsp3) is 0.222. The van der Waals surface area contributed by atoms with Gasteiger partial charge in [-0.3, -0.25) is 0 Å². The third kappa shape index (κ3) is 1.48. The minimum atomic E-state index is 0.593. The molecular weight excluding hydrogens is 166 g/mol. The van der Waals surface area contributed by atoms with Gasteiger partial charge in [-0.2, -0.15) is 0 Å². The standard InChI is InChI=1S/C9H11N3O/c10-3-5-12-9-7-2-6-13-8(7)1-4-11-9/h1-2,4,6H,3,5,10H2,(H,11,12). The lowest BCUT2D eigenvalue weighted by Crippen LogP contribution is -2.13. The number of pyridine rings is 1. The Morgan fingerprint density at radius 1 is 1.46 bits per heavy atom. The summed E-state index contributed by atoms with van der Waals surface area (Å²) in [5.41, 5.74) is 6.22. The molecule has 0 aliphatic heterocycles. The molecule has 68 valence electrons. The van der Waals surface area contributed by atoms with Crippen molar-refractivity contribution in [1.29, 1.82) is 0 Å². The Labute approximate surface area is 75.7 Å². The summed E-state index contributed by atoms with van der Waals surface area (Å²) < 4.78 is 5.23. The normalized spacial score (nSPS) is 10.5. The van der Waals surface area contributed by atoms with Crippen molar-refractivity contribution in [2.75, 3.05) is 18.4 Å². The fourth-order valence-electron chi connectivity index (χ4n) is 1.23. The molecule has 0 radical (unpaired) electrons. The lowest BCUT2D eigenvalue weighted by Gasteiger charge is -2.03. The van der Waals surface area contributed by atoms with Crippen LogP contribution in [0.3, 0.4) is 0 Å². The summed E-state index contributed by atoms with van der Waals surface area (Å²) in [6, 6.07) is 3.73. The Kier molecular flexibility index (Phi) is 2.14. The molecule has 0 atom stereocenters. The van der Waals surface area contributed by atoms with Gasteiger partial charge in [-0.1, -0.05) is 0 Å². The van der Waals surface area contributed by atoms with Gasteiger partial charge in [0.2, 0.25) is 0 Å². The molecule has 0 spiro atoms. The van der Waals surface area contributed by atoms with Crippen LogP contribution >= 0.6 is 0 Å². The van der Waals surface area contributed by atoms with Crippen LogP contribution in [0.4, 0.5) is 5.82 Å². The molecule has 2 aromatic rings. The van der Waals surface area contributed by atoms with Crippen LogP contribution in [-0.2, 0) is 0 Å². The van der Waals surface area contributed by atoms with E-state index < -0.39 is 0 Å². The Balaban J connectivity index is 2.37. The van der Waals surface area contributed by atoms with E-state index in [1.54, 1.807) is 12.5 Å². The van der Waals surface area contributed by atoms with Crippen molar-refractivity contribution < 1.29 is 4.42 Å². The number of hydrogen-bond donors (Lipinski definition) is 2. The van der Waals surface area contributed by atoms with Crippen LogP contribution in [0.1, 0.15) is 0 Å². The van der Waals surface area contributed by atoms with Crippen LogP contribution in [0.2, 0.25) is 0 Å². The largest absolute Gasteiger partial charge is 0.464 e. The van der Waals surface area contributed by atoms with Crippen LogP contribution in [0.5, 0.6) is 0 Å². The molecule has 4 nitrogen and oxygen atoms in total. The number of aromatic nitrogens is 1. The summed E-state index contributed by atoms with van der Waals surface area (Å²) in [4.78, 5) is 4.19. The van der Waals surface area contributed by atoms with Gasteiger partial charge in [0.25, 0.3) is 0 Å². The van der Waals surface area contributed by atoms with Gasteiger partial charge < -0.3 is 15.5 Å². The molecule has 0 saturated carbocycles. The SMILES string of the molecule is NCCNc1nccc2occc12. The zero-order valence-corrected chi connectivity index (χ0v) is 7.16. The Bertz CT molecular complexity index is 396. The van der Waals surface area contributed by atoms with Crippen LogP contribution < -0.4 is 11.1 Å². The molecule has 3 N–H and O–H groups in total. The minimum absolute atomic E-state index is 0.593. The summed E-state index contributed by atoms with van der Waals surface area (Å²) in [7, 11) is 0. The number of rotatable bonds is 3. The van der Waals surface area contributed by atoms with Crippen LogP contribution in [0.25, 0.3) is 11.0 Å². The second kappa shape index (κ2) is 3.45. The first-order chi connectivity index (χ1) is 6.42. The number of fused-ring (bicyclic) bond motifs is 1. The van der Waals surface area contributed by atoms with E-state index in [1.165, 1.54) is 0 Å². The second-order valence-corrected chi connectivity index (χ2v) is 2.71. The van der Waals surface area contributed by atoms with Crippen molar-refractivity contribution >= 4 is 16.8 Å². The summed E-state index contributed by atoms with van der Waals surface area (Å²) in [6.45, 7) is 1.31. The maximum atomic E-state index is 5.38. The van der Waals surface area contributed by atoms with Gasteiger partial charge in [0.15, 0.2) is 0 Å². The van der Waals surface area contributed by atoms with Crippen LogP contribution in [-0.4, -0.2) is 18.1 Å². The van der Waals surface area contributed by atoms with Crippen molar-refractivity contribution in [2.45, 2.75) is 0 Å². The van der Waals surface area contributed by atoms with E-state index in [0.717, 1.165) is 23.3 Å². The number of nitrogens with one attached hydrogen (secondary N) is 1. The first-order valence-electron chi connectivity index (χ1n) is 4.18.